The molecule has 14 heavy (non-hydrogen) atoms. The van der Waals surface area contributed by atoms with Gasteiger partial charge in [0.1, 0.15) is 0 Å². The number of carbonyl (C=O) groups is 1. The van der Waals surface area contributed by atoms with Crippen LogP contribution in [-0.2, 0) is 0 Å². The Bertz CT molecular complexity index is 273. The maximum atomic E-state index is 11.3. The summed E-state index contributed by atoms with van der Waals surface area (Å²) in [5.74, 6) is -0.180. The number of hydrogen-bond donors (Lipinski definition) is 2. The van der Waals surface area contributed by atoms with Crippen LogP contribution in [0.1, 0.15) is 30.3 Å². The molecule has 1 amide bonds. The molecule has 0 saturated carbocycles. The summed E-state index contributed by atoms with van der Waals surface area (Å²) in [7, 11) is 0. The number of rotatable bonds is 5. The molecule has 0 bridgehead atoms. The summed E-state index contributed by atoms with van der Waals surface area (Å²) in [5.41, 5.74) is 0.330. The molecule has 2 N–H and O–H groups in total. The van der Waals surface area contributed by atoms with Crippen molar-refractivity contribution in [3.63, 3.8) is 0 Å². The third-order valence-electron chi connectivity index (χ3n) is 1.71. The SMILES string of the molecule is CC(Br)CCCNC(=O)c1cn[nH]n1. The van der Waals surface area contributed by atoms with Gasteiger partial charge in [-0.25, -0.2) is 0 Å². The number of nitrogens with zero attached hydrogens (tertiary/aromatic N) is 2. The molecule has 1 unspecified atom stereocenters. The highest BCUT2D eigenvalue weighted by Crippen LogP contribution is 2.05. The number of aromatic nitrogens is 3. The molecule has 1 atom stereocenters. The molecule has 0 spiro atoms. The largest absolute Gasteiger partial charge is 0.351 e. The first-order valence-corrected chi connectivity index (χ1v) is 5.39. The standard InChI is InChI=1S/C8H13BrN4O/c1-6(9)3-2-4-10-8(14)7-5-11-13-12-7/h5-6H,2-4H2,1H3,(H,10,14)(H,11,12,13). The highest BCUT2D eigenvalue weighted by atomic mass is 79.9. The molecule has 1 heterocycles. The van der Waals surface area contributed by atoms with Gasteiger partial charge in [0.25, 0.3) is 5.91 Å². The summed E-state index contributed by atoms with van der Waals surface area (Å²) in [4.78, 5) is 11.8. The predicted molar refractivity (Wildman–Crippen MR) is 56.3 cm³/mol. The topological polar surface area (TPSA) is 70.7 Å². The second-order valence-corrected chi connectivity index (χ2v) is 4.60. The van der Waals surface area contributed by atoms with E-state index >= 15 is 0 Å². The number of amides is 1. The van der Waals surface area contributed by atoms with E-state index in [9.17, 15) is 4.79 Å². The molecular weight excluding hydrogens is 248 g/mol. The van der Waals surface area contributed by atoms with Crippen molar-refractivity contribution in [2.24, 2.45) is 0 Å². The first kappa shape index (κ1) is 11.2. The maximum absolute atomic E-state index is 11.3. The number of H-pyrrole nitrogens is 1. The monoisotopic (exact) mass is 260 g/mol. The Labute approximate surface area is 90.8 Å². The lowest BCUT2D eigenvalue weighted by Gasteiger charge is -2.03. The molecule has 5 nitrogen and oxygen atoms in total. The van der Waals surface area contributed by atoms with Crippen LogP contribution in [0.15, 0.2) is 6.20 Å². The van der Waals surface area contributed by atoms with Gasteiger partial charge < -0.3 is 5.32 Å². The first-order chi connectivity index (χ1) is 6.70. The van der Waals surface area contributed by atoms with E-state index in [1.54, 1.807) is 0 Å². The normalized spacial score (nSPS) is 12.4. The maximum Gasteiger partial charge on any atom is 0.273 e. The van der Waals surface area contributed by atoms with Crippen LogP contribution in [0.3, 0.4) is 0 Å². The minimum Gasteiger partial charge on any atom is -0.351 e. The van der Waals surface area contributed by atoms with Crippen LogP contribution in [0.25, 0.3) is 0 Å². The van der Waals surface area contributed by atoms with Crippen LogP contribution < -0.4 is 5.32 Å². The second kappa shape index (κ2) is 5.74. The highest BCUT2D eigenvalue weighted by molar-refractivity contribution is 9.09. The molecule has 0 saturated heterocycles. The van der Waals surface area contributed by atoms with E-state index in [0.29, 0.717) is 17.1 Å². The minimum absolute atomic E-state index is 0.180. The quantitative estimate of drug-likeness (QED) is 0.615. The Kier molecular flexibility index (Phi) is 4.58. The van der Waals surface area contributed by atoms with Gasteiger partial charge in [0, 0.05) is 11.4 Å². The molecule has 0 fully saturated rings. The minimum atomic E-state index is -0.180. The van der Waals surface area contributed by atoms with Crippen molar-refractivity contribution in [2.45, 2.75) is 24.6 Å². The molecular formula is C8H13BrN4O. The lowest BCUT2D eigenvalue weighted by molar-refractivity contribution is 0.0948. The van der Waals surface area contributed by atoms with Crippen LogP contribution in [-0.4, -0.2) is 32.7 Å². The van der Waals surface area contributed by atoms with Crippen molar-refractivity contribution < 1.29 is 4.79 Å². The molecule has 1 aromatic rings. The summed E-state index contributed by atoms with van der Waals surface area (Å²) < 4.78 is 0. The molecule has 0 aliphatic heterocycles. The molecule has 1 aromatic heterocycles. The fraction of sp³-hybridized carbons (Fsp3) is 0.625. The summed E-state index contributed by atoms with van der Waals surface area (Å²) >= 11 is 3.44. The average Bonchev–Trinajstić information content (AvgIpc) is 2.64. The zero-order chi connectivity index (χ0) is 10.4. The Hall–Kier alpha value is -0.910. The lowest BCUT2D eigenvalue weighted by Crippen LogP contribution is -2.25. The smallest absolute Gasteiger partial charge is 0.273 e. The third-order valence-corrected chi connectivity index (χ3v) is 2.17. The molecule has 6 heteroatoms. The number of halogens is 1. The van der Waals surface area contributed by atoms with Crippen molar-refractivity contribution in [3.8, 4) is 0 Å². The molecule has 78 valence electrons. The lowest BCUT2D eigenvalue weighted by atomic mass is 10.2. The Balaban J connectivity index is 2.16. The van der Waals surface area contributed by atoms with E-state index in [0.717, 1.165) is 12.8 Å². The van der Waals surface area contributed by atoms with Crippen LogP contribution >= 0.6 is 15.9 Å². The van der Waals surface area contributed by atoms with Gasteiger partial charge in [0.15, 0.2) is 5.69 Å². The predicted octanol–water partition coefficient (Wildman–Crippen LogP) is 1.10. The summed E-state index contributed by atoms with van der Waals surface area (Å²) in [5, 5.41) is 12.4. The number of carbonyl (C=O) groups excluding carboxylic acids is 1. The van der Waals surface area contributed by atoms with Gasteiger partial charge in [-0.1, -0.05) is 22.9 Å². The van der Waals surface area contributed by atoms with Gasteiger partial charge in [-0.05, 0) is 12.8 Å². The fourth-order valence-corrected chi connectivity index (χ4v) is 1.31. The van der Waals surface area contributed by atoms with Crippen molar-refractivity contribution >= 4 is 21.8 Å². The van der Waals surface area contributed by atoms with Crippen molar-refractivity contribution in [3.05, 3.63) is 11.9 Å². The van der Waals surface area contributed by atoms with Crippen LogP contribution in [0.2, 0.25) is 0 Å². The van der Waals surface area contributed by atoms with Crippen LogP contribution in [0.4, 0.5) is 0 Å². The number of hydrogen-bond acceptors (Lipinski definition) is 3. The van der Waals surface area contributed by atoms with Gasteiger partial charge in [-0.15, -0.1) is 0 Å². The van der Waals surface area contributed by atoms with E-state index in [1.807, 2.05) is 0 Å². The summed E-state index contributed by atoms with van der Waals surface area (Å²) in [6.07, 6.45) is 3.40. The Morgan fingerprint density at radius 1 is 1.79 bits per heavy atom. The summed E-state index contributed by atoms with van der Waals surface area (Å²) in [6, 6.07) is 0. The van der Waals surface area contributed by atoms with Crippen molar-refractivity contribution in [1.82, 2.24) is 20.7 Å². The molecule has 0 aliphatic rings. The average molecular weight is 261 g/mol. The fourth-order valence-electron chi connectivity index (χ4n) is 0.987. The van der Waals surface area contributed by atoms with Gasteiger partial charge in [-0.2, -0.15) is 15.4 Å². The molecule has 0 aliphatic carbocycles. The van der Waals surface area contributed by atoms with Crippen LogP contribution in [0, 0.1) is 0 Å². The molecule has 0 aromatic carbocycles. The van der Waals surface area contributed by atoms with E-state index < -0.39 is 0 Å². The number of aromatic amines is 1. The molecule has 1 rings (SSSR count). The van der Waals surface area contributed by atoms with Gasteiger partial charge in [-0.3, -0.25) is 4.79 Å². The zero-order valence-electron chi connectivity index (χ0n) is 7.96. The molecule has 0 radical (unpaired) electrons. The Morgan fingerprint density at radius 3 is 3.14 bits per heavy atom. The van der Waals surface area contributed by atoms with Gasteiger partial charge in [0.05, 0.1) is 6.20 Å². The van der Waals surface area contributed by atoms with E-state index in [-0.39, 0.29) is 5.91 Å². The summed E-state index contributed by atoms with van der Waals surface area (Å²) in [6.45, 7) is 2.75. The first-order valence-electron chi connectivity index (χ1n) is 4.48. The van der Waals surface area contributed by atoms with Gasteiger partial charge in [0.2, 0.25) is 0 Å². The van der Waals surface area contributed by atoms with Crippen LogP contribution in [0.5, 0.6) is 0 Å². The van der Waals surface area contributed by atoms with Gasteiger partial charge >= 0.3 is 0 Å². The highest BCUT2D eigenvalue weighted by Gasteiger charge is 2.06. The van der Waals surface area contributed by atoms with Crippen molar-refractivity contribution in [1.29, 1.82) is 0 Å². The zero-order valence-corrected chi connectivity index (χ0v) is 9.54. The third kappa shape index (κ3) is 3.87. The number of alkyl halides is 1. The van der Waals surface area contributed by atoms with E-state index in [2.05, 4.69) is 43.6 Å². The van der Waals surface area contributed by atoms with E-state index in [4.69, 9.17) is 0 Å². The Morgan fingerprint density at radius 2 is 2.57 bits per heavy atom. The van der Waals surface area contributed by atoms with E-state index in [1.165, 1.54) is 6.20 Å². The number of nitrogens with one attached hydrogen (secondary N) is 2. The second-order valence-electron chi connectivity index (χ2n) is 3.03. The van der Waals surface area contributed by atoms with Crippen molar-refractivity contribution in [2.75, 3.05) is 6.54 Å².